The molecule has 1 N–H and O–H groups in total. The van der Waals surface area contributed by atoms with Crippen molar-refractivity contribution in [3.63, 3.8) is 0 Å². The fourth-order valence-corrected chi connectivity index (χ4v) is 3.05. The van der Waals surface area contributed by atoms with Gasteiger partial charge in [-0.2, -0.15) is 0 Å². The largest absolute Gasteiger partial charge is 0.353 e. The summed E-state index contributed by atoms with van der Waals surface area (Å²) < 4.78 is 0. The Morgan fingerprint density at radius 2 is 2.16 bits per heavy atom. The third-order valence-corrected chi connectivity index (χ3v) is 4.16. The van der Waals surface area contributed by atoms with Crippen LogP contribution in [0.2, 0.25) is 0 Å². The second-order valence-electron chi connectivity index (χ2n) is 6.03. The summed E-state index contributed by atoms with van der Waals surface area (Å²) in [5.74, 6) is 2.89. The number of nitrogens with one attached hydrogen (secondary N) is 1. The number of rotatable bonds is 4. The van der Waals surface area contributed by atoms with Gasteiger partial charge in [-0.05, 0) is 44.4 Å². The number of hydrogen-bond donors (Lipinski definition) is 1. The highest BCUT2D eigenvalue weighted by Gasteiger charge is 2.37. The quantitative estimate of drug-likeness (QED) is 0.460. The molecule has 1 aliphatic heterocycles. The molecule has 1 aliphatic carbocycles. The number of piperidine rings is 1. The van der Waals surface area contributed by atoms with Crippen molar-refractivity contribution < 1.29 is 0 Å². The molecule has 3 unspecified atom stereocenters. The maximum Gasteiger partial charge on any atom is 0.194 e. The summed E-state index contributed by atoms with van der Waals surface area (Å²) in [6, 6.07) is 0.701. The van der Waals surface area contributed by atoms with Crippen LogP contribution >= 0.6 is 24.0 Å². The maximum atomic E-state index is 4.69. The number of aliphatic imine (C=N–C) groups is 1. The molecule has 3 nitrogen and oxygen atoms in total. The Kier molecular flexibility index (Phi) is 7.47. The van der Waals surface area contributed by atoms with Gasteiger partial charge in [-0.15, -0.1) is 24.0 Å². The molecule has 1 heterocycles. The second-order valence-corrected chi connectivity index (χ2v) is 6.03. The zero-order valence-corrected chi connectivity index (χ0v) is 15.0. The third-order valence-electron chi connectivity index (χ3n) is 4.16. The van der Waals surface area contributed by atoms with Gasteiger partial charge in [0.1, 0.15) is 0 Å². The van der Waals surface area contributed by atoms with Crippen molar-refractivity contribution in [2.45, 2.75) is 58.9 Å². The number of hydrogen-bond acceptors (Lipinski definition) is 1. The van der Waals surface area contributed by atoms with Crippen LogP contribution in [0.3, 0.4) is 0 Å². The lowest BCUT2D eigenvalue weighted by molar-refractivity contribution is 0.265. The van der Waals surface area contributed by atoms with Gasteiger partial charge in [0, 0.05) is 25.7 Å². The molecular formula is C15H30IN3. The smallest absolute Gasteiger partial charge is 0.194 e. The van der Waals surface area contributed by atoms with Crippen molar-refractivity contribution >= 4 is 29.9 Å². The first-order chi connectivity index (χ1) is 8.74. The molecule has 1 saturated carbocycles. The molecule has 4 heteroatoms. The number of halogens is 1. The van der Waals surface area contributed by atoms with Gasteiger partial charge in [0.15, 0.2) is 5.96 Å². The van der Waals surface area contributed by atoms with E-state index in [1.807, 2.05) is 0 Å². The monoisotopic (exact) mass is 379 g/mol. The number of likely N-dealkylation sites (tertiary alicyclic amines) is 1. The van der Waals surface area contributed by atoms with Gasteiger partial charge < -0.3 is 10.2 Å². The average Bonchev–Trinajstić information content (AvgIpc) is 3.07. The summed E-state index contributed by atoms with van der Waals surface area (Å²) in [7, 11) is 0. The molecule has 0 bridgehead atoms. The van der Waals surface area contributed by atoms with Crippen molar-refractivity contribution in [3.8, 4) is 0 Å². The highest BCUT2D eigenvalue weighted by Crippen LogP contribution is 2.34. The van der Waals surface area contributed by atoms with Crippen LogP contribution in [-0.4, -0.2) is 36.5 Å². The fraction of sp³-hybridized carbons (Fsp3) is 0.933. The molecule has 112 valence electrons. The van der Waals surface area contributed by atoms with Crippen LogP contribution in [0, 0.1) is 11.8 Å². The van der Waals surface area contributed by atoms with E-state index in [2.05, 4.69) is 36.0 Å². The third kappa shape index (κ3) is 5.12. The molecule has 0 aromatic heterocycles. The molecule has 0 amide bonds. The summed E-state index contributed by atoms with van der Waals surface area (Å²) in [5, 5.41) is 3.69. The molecule has 2 aliphatic rings. The van der Waals surface area contributed by atoms with Crippen molar-refractivity contribution in [1.29, 1.82) is 0 Å². The van der Waals surface area contributed by atoms with Crippen LogP contribution in [0.5, 0.6) is 0 Å². The van der Waals surface area contributed by atoms with E-state index in [-0.39, 0.29) is 24.0 Å². The molecule has 0 aromatic carbocycles. The lowest BCUT2D eigenvalue weighted by Crippen LogP contribution is -2.47. The zero-order chi connectivity index (χ0) is 13.0. The van der Waals surface area contributed by atoms with Gasteiger partial charge in [-0.1, -0.05) is 20.3 Å². The maximum absolute atomic E-state index is 4.69. The van der Waals surface area contributed by atoms with Crippen LogP contribution in [0.4, 0.5) is 0 Å². The topological polar surface area (TPSA) is 27.6 Å². The molecular weight excluding hydrogens is 349 g/mol. The standard InChI is InChI=1S/C15H29N3.HI/c1-4-7-13-10-14(13)17-15(16-5-2)18-9-6-8-12(3)11-18;/h12-14H,4-11H2,1-3H3,(H,16,17);1H. The van der Waals surface area contributed by atoms with Crippen molar-refractivity contribution in [2.24, 2.45) is 16.8 Å². The summed E-state index contributed by atoms with van der Waals surface area (Å²) in [5.41, 5.74) is 0. The predicted octanol–water partition coefficient (Wildman–Crippen LogP) is 3.49. The molecule has 2 fully saturated rings. The summed E-state index contributed by atoms with van der Waals surface area (Å²) in [6.45, 7) is 10.0. The lowest BCUT2D eigenvalue weighted by atomic mass is 10.0. The normalized spacial score (nSPS) is 30.8. The van der Waals surface area contributed by atoms with Gasteiger partial charge in [0.05, 0.1) is 0 Å². The first kappa shape index (κ1) is 17.1. The number of guanidine groups is 1. The van der Waals surface area contributed by atoms with Crippen LogP contribution in [-0.2, 0) is 0 Å². The fourth-order valence-electron chi connectivity index (χ4n) is 3.05. The Morgan fingerprint density at radius 1 is 1.37 bits per heavy atom. The van der Waals surface area contributed by atoms with Crippen LogP contribution in [0.25, 0.3) is 0 Å². The Bertz CT molecular complexity index is 293. The molecule has 0 aromatic rings. The molecule has 19 heavy (non-hydrogen) atoms. The first-order valence-corrected chi connectivity index (χ1v) is 7.80. The van der Waals surface area contributed by atoms with E-state index in [1.54, 1.807) is 0 Å². The van der Waals surface area contributed by atoms with Crippen molar-refractivity contribution in [3.05, 3.63) is 0 Å². The van der Waals surface area contributed by atoms with Gasteiger partial charge in [0.2, 0.25) is 0 Å². The Labute approximate surface area is 135 Å². The van der Waals surface area contributed by atoms with Crippen LogP contribution in [0.15, 0.2) is 4.99 Å². The lowest BCUT2D eigenvalue weighted by Gasteiger charge is -2.33. The van der Waals surface area contributed by atoms with E-state index in [0.29, 0.717) is 6.04 Å². The van der Waals surface area contributed by atoms with Gasteiger partial charge in [0.25, 0.3) is 0 Å². The zero-order valence-electron chi connectivity index (χ0n) is 12.7. The van der Waals surface area contributed by atoms with E-state index in [0.717, 1.165) is 18.4 Å². The highest BCUT2D eigenvalue weighted by molar-refractivity contribution is 14.0. The van der Waals surface area contributed by atoms with Crippen molar-refractivity contribution in [2.75, 3.05) is 19.6 Å². The first-order valence-electron chi connectivity index (χ1n) is 7.80. The minimum absolute atomic E-state index is 0. The van der Waals surface area contributed by atoms with E-state index < -0.39 is 0 Å². The molecule has 2 rings (SSSR count). The van der Waals surface area contributed by atoms with Gasteiger partial charge >= 0.3 is 0 Å². The summed E-state index contributed by atoms with van der Waals surface area (Å²) in [4.78, 5) is 7.16. The molecule has 1 saturated heterocycles. The second kappa shape index (κ2) is 8.32. The average molecular weight is 379 g/mol. The minimum Gasteiger partial charge on any atom is -0.353 e. The molecule has 0 radical (unpaired) electrons. The molecule has 3 atom stereocenters. The Morgan fingerprint density at radius 3 is 2.79 bits per heavy atom. The van der Waals surface area contributed by atoms with E-state index in [9.17, 15) is 0 Å². The predicted molar refractivity (Wildman–Crippen MR) is 93.3 cm³/mol. The van der Waals surface area contributed by atoms with E-state index in [4.69, 9.17) is 0 Å². The summed E-state index contributed by atoms with van der Waals surface area (Å²) in [6.07, 6.45) is 6.71. The Balaban J connectivity index is 0.00000180. The summed E-state index contributed by atoms with van der Waals surface area (Å²) >= 11 is 0. The SMILES string of the molecule is CCCC1CC1NC(=NCC)N1CCCC(C)C1.I. The molecule has 0 spiro atoms. The van der Waals surface area contributed by atoms with Crippen LogP contribution in [0.1, 0.15) is 52.9 Å². The minimum atomic E-state index is 0. The van der Waals surface area contributed by atoms with E-state index in [1.165, 1.54) is 51.2 Å². The highest BCUT2D eigenvalue weighted by atomic mass is 127. The van der Waals surface area contributed by atoms with Gasteiger partial charge in [-0.25, -0.2) is 0 Å². The van der Waals surface area contributed by atoms with Crippen LogP contribution < -0.4 is 5.32 Å². The van der Waals surface area contributed by atoms with E-state index >= 15 is 0 Å². The van der Waals surface area contributed by atoms with Crippen molar-refractivity contribution in [1.82, 2.24) is 10.2 Å². The number of nitrogens with zero attached hydrogens (tertiary/aromatic N) is 2. The van der Waals surface area contributed by atoms with Gasteiger partial charge in [-0.3, -0.25) is 4.99 Å². The Hall–Kier alpha value is 0.